The van der Waals surface area contributed by atoms with Gasteiger partial charge in [-0.2, -0.15) is 0 Å². The third-order valence-corrected chi connectivity index (χ3v) is 2.95. The lowest BCUT2D eigenvalue weighted by atomic mass is 10.3. The fraction of sp³-hybridized carbons (Fsp3) is 0.364. The summed E-state index contributed by atoms with van der Waals surface area (Å²) in [4.78, 5) is 16.1. The summed E-state index contributed by atoms with van der Waals surface area (Å²) < 4.78 is 6.61. The monoisotopic (exact) mass is 251 g/mol. The first-order valence-electron chi connectivity index (χ1n) is 5.41. The van der Waals surface area contributed by atoms with Crippen LogP contribution in [0.4, 0.5) is 0 Å². The Balaban J connectivity index is 2.04. The quantitative estimate of drug-likeness (QED) is 0.781. The van der Waals surface area contributed by atoms with Crippen molar-refractivity contribution >= 4 is 11.6 Å². The second-order valence-corrected chi connectivity index (χ2v) is 4.50. The van der Waals surface area contributed by atoms with E-state index in [1.165, 1.54) is 6.07 Å². The SMILES string of the molecule is O=c1cc(Cl)nc(C2CC2)n1Cc1ccno1. The van der Waals surface area contributed by atoms with Crippen molar-refractivity contribution in [3.05, 3.63) is 45.4 Å². The van der Waals surface area contributed by atoms with Crippen molar-refractivity contribution in [3.8, 4) is 0 Å². The zero-order valence-electron chi connectivity index (χ0n) is 8.97. The highest BCUT2D eigenvalue weighted by atomic mass is 35.5. The van der Waals surface area contributed by atoms with Gasteiger partial charge in [-0.05, 0) is 12.8 Å². The van der Waals surface area contributed by atoms with Gasteiger partial charge in [0.15, 0.2) is 5.76 Å². The number of hydrogen-bond acceptors (Lipinski definition) is 4. The molecule has 2 heterocycles. The first-order chi connectivity index (χ1) is 8.24. The smallest absolute Gasteiger partial charge is 0.255 e. The summed E-state index contributed by atoms with van der Waals surface area (Å²) in [6.45, 7) is 0.356. The molecule has 1 aliphatic carbocycles. The summed E-state index contributed by atoms with van der Waals surface area (Å²) in [5.74, 6) is 1.74. The maximum absolute atomic E-state index is 11.9. The molecule has 5 nitrogen and oxygen atoms in total. The molecule has 88 valence electrons. The normalized spacial score (nSPS) is 15.1. The van der Waals surface area contributed by atoms with Crippen LogP contribution < -0.4 is 5.56 Å². The Hall–Kier alpha value is -1.62. The molecule has 0 amide bonds. The topological polar surface area (TPSA) is 60.9 Å². The van der Waals surface area contributed by atoms with Gasteiger partial charge in [0, 0.05) is 18.1 Å². The molecule has 0 saturated heterocycles. The van der Waals surface area contributed by atoms with Gasteiger partial charge in [-0.3, -0.25) is 9.36 Å². The third kappa shape index (κ3) is 2.10. The van der Waals surface area contributed by atoms with E-state index in [1.807, 2.05) is 0 Å². The van der Waals surface area contributed by atoms with Crippen molar-refractivity contribution < 1.29 is 4.52 Å². The summed E-state index contributed by atoms with van der Waals surface area (Å²) in [5.41, 5.74) is -0.150. The number of halogens is 1. The highest BCUT2D eigenvalue weighted by Crippen LogP contribution is 2.38. The average Bonchev–Trinajstić information content (AvgIpc) is 3.00. The van der Waals surface area contributed by atoms with Crippen molar-refractivity contribution in [1.82, 2.24) is 14.7 Å². The minimum Gasteiger partial charge on any atom is -0.359 e. The van der Waals surface area contributed by atoms with Crippen LogP contribution in [0.3, 0.4) is 0 Å². The maximum atomic E-state index is 11.9. The second-order valence-electron chi connectivity index (χ2n) is 4.11. The lowest BCUT2D eigenvalue weighted by Crippen LogP contribution is -2.24. The predicted molar refractivity (Wildman–Crippen MR) is 61.1 cm³/mol. The fourth-order valence-corrected chi connectivity index (χ4v) is 1.97. The van der Waals surface area contributed by atoms with E-state index in [4.69, 9.17) is 16.1 Å². The molecule has 6 heteroatoms. The van der Waals surface area contributed by atoms with Gasteiger partial charge in [0.2, 0.25) is 0 Å². The third-order valence-electron chi connectivity index (χ3n) is 2.75. The van der Waals surface area contributed by atoms with Gasteiger partial charge >= 0.3 is 0 Å². The molecule has 0 aromatic carbocycles. The Morgan fingerprint density at radius 3 is 3.00 bits per heavy atom. The predicted octanol–water partition coefficient (Wildman–Crippen LogP) is 1.81. The lowest BCUT2D eigenvalue weighted by molar-refractivity contribution is 0.372. The molecule has 2 aromatic rings. The first kappa shape index (κ1) is 10.5. The van der Waals surface area contributed by atoms with Gasteiger partial charge in [0.1, 0.15) is 11.0 Å². The molecule has 0 radical (unpaired) electrons. The molecule has 2 aromatic heterocycles. The molecule has 1 saturated carbocycles. The van der Waals surface area contributed by atoms with Crippen molar-refractivity contribution in [3.63, 3.8) is 0 Å². The Morgan fingerprint density at radius 2 is 2.35 bits per heavy atom. The summed E-state index contributed by atoms with van der Waals surface area (Å²) in [7, 11) is 0. The van der Waals surface area contributed by atoms with E-state index in [-0.39, 0.29) is 10.7 Å². The van der Waals surface area contributed by atoms with E-state index in [2.05, 4.69) is 10.1 Å². The van der Waals surface area contributed by atoms with E-state index < -0.39 is 0 Å². The first-order valence-corrected chi connectivity index (χ1v) is 5.78. The fourth-order valence-electron chi connectivity index (χ4n) is 1.79. The molecule has 1 fully saturated rings. The summed E-state index contributed by atoms with van der Waals surface area (Å²) in [6, 6.07) is 3.06. The molecular weight excluding hydrogens is 242 g/mol. The Labute approximate surface area is 102 Å². The molecule has 0 aliphatic heterocycles. The summed E-state index contributed by atoms with van der Waals surface area (Å²) in [5, 5.41) is 3.87. The Bertz CT molecular complexity index is 587. The molecule has 0 atom stereocenters. The minimum atomic E-state index is -0.150. The van der Waals surface area contributed by atoms with E-state index in [0.29, 0.717) is 18.2 Å². The zero-order chi connectivity index (χ0) is 11.8. The van der Waals surface area contributed by atoms with Crippen molar-refractivity contribution in [1.29, 1.82) is 0 Å². The Kier molecular flexibility index (Phi) is 2.48. The lowest BCUT2D eigenvalue weighted by Gasteiger charge is -2.09. The van der Waals surface area contributed by atoms with Crippen LogP contribution in [-0.2, 0) is 6.54 Å². The van der Waals surface area contributed by atoms with E-state index in [0.717, 1.165) is 18.7 Å². The minimum absolute atomic E-state index is 0.150. The van der Waals surface area contributed by atoms with Crippen molar-refractivity contribution in [2.24, 2.45) is 0 Å². The van der Waals surface area contributed by atoms with Gasteiger partial charge in [-0.1, -0.05) is 16.8 Å². The van der Waals surface area contributed by atoms with Crippen LogP contribution in [0.1, 0.15) is 30.3 Å². The summed E-state index contributed by atoms with van der Waals surface area (Å²) >= 11 is 5.82. The van der Waals surface area contributed by atoms with E-state index in [9.17, 15) is 4.79 Å². The molecule has 0 unspecified atom stereocenters. The number of hydrogen-bond donors (Lipinski definition) is 0. The van der Waals surface area contributed by atoms with Crippen molar-refractivity contribution in [2.75, 3.05) is 0 Å². The molecule has 17 heavy (non-hydrogen) atoms. The second kappa shape index (κ2) is 4.00. The molecule has 0 spiro atoms. The highest BCUT2D eigenvalue weighted by Gasteiger charge is 2.29. The van der Waals surface area contributed by atoms with Crippen LogP contribution >= 0.6 is 11.6 Å². The molecule has 1 aliphatic rings. The average molecular weight is 252 g/mol. The molecule has 3 rings (SSSR count). The van der Waals surface area contributed by atoms with Crippen LogP contribution in [-0.4, -0.2) is 14.7 Å². The zero-order valence-corrected chi connectivity index (χ0v) is 9.72. The molecule has 0 bridgehead atoms. The largest absolute Gasteiger partial charge is 0.359 e. The van der Waals surface area contributed by atoms with E-state index in [1.54, 1.807) is 16.8 Å². The highest BCUT2D eigenvalue weighted by molar-refractivity contribution is 6.29. The maximum Gasteiger partial charge on any atom is 0.255 e. The Morgan fingerprint density at radius 1 is 1.53 bits per heavy atom. The standard InChI is InChI=1S/C11H10ClN3O2/c12-9-5-10(16)15(6-8-3-4-13-17-8)11(14-9)7-1-2-7/h3-5,7H,1-2,6H2. The number of nitrogens with zero attached hydrogens (tertiary/aromatic N) is 3. The molecule has 0 N–H and O–H groups in total. The summed E-state index contributed by atoms with van der Waals surface area (Å²) in [6.07, 6.45) is 3.67. The van der Waals surface area contributed by atoms with E-state index >= 15 is 0 Å². The van der Waals surface area contributed by atoms with Gasteiger partial charge in [-0.25, -0.2) is 4.98 Å². The van der Waals surface area contributed by atoms with Gasteiger partial charge < -0.3 is 4.52 Å². The van der Waals surface area contributed by atoms with Crippen LogP contribution in [0, 0.1) is 0 Å². The van der Waals surface area contributed by atoms with Crippen LogP contribution in [0.25, 0.3) is 0 Å². The van der Waals surface area contributed by atoms with Gasteiger partial charge in [0.05, 0.1) is 12.7 Å². The van der Waals surface area contributed by atoms with Crippen molar-refractivity contribution in [2.45, 2.75) is 25.3 Å². The number of aromatic nitrogens is 3. The van der Waals surface area contributed by atoms with Gasteiger partial charge in [0.25, 0.3) is 5.56 Å². The molecular formula is C11H10ClN3O2. The van der Waals surface area contributed by atoms with Crippen LogP contribution in [0.5, 0.6) is 0 Å². The van der Waals surface area contributed by atoms with Crippen LogP contribution in [0.2, 0.25) is 5.15 Å². The van der Waals surface area contributed by atoms with Gasteiger partial charge in [-0.15, -0.1) is 0 Å². The number of rotatable bonds is 3. The van der Waals surface area contributed by atoms with Crippen LogP contribution in [0.15, 0.2) is 27.6 Å².